The molecule has 1 fully saturated rings. The molecule has 30 heavy (non-hydrogen) atoms. The van der Waals surface area contributed by atoms with Gasteiger partial charge in [-0.25, -0.2) is 9.48 Å². The Morgan fingerprint density at radius 1 is 0.967 bits per heavy atom. The molecule has 0 spiro atoms. The zero-order valence-electron chi connectivity index (χ0n) is 17.2. The van der Waals surface area contributed by atoms with E-state index in [1.165, 1.54) is 0 Å². The van der Waals surface area contributed by atoms with E-state index in [2.05, 4.69) is 5.10 Å². The zero-order valence-corrected chi connectivity index (χ0v) is 17.2. The number of carbonyl (C=O) groups excluding carboxylic acids is 2. The maximum Gasteiger partial charge on any atom is 0.409 e. The molecular formula is C22H25N5O3. The maximum absolute atomic E-state index is 13.5. The number of amides is 2. The molecule has 0 unspecified atom stereocenters. The molecule has 1 aromatic carbocycles. The molecule has 0 aliphatic carbocycles. The van der Waals surface area contributed by atoms with Crippen molar-refractivity contribution in [3.63, 3.8) is 0 Å². The van der Waals surface area contributed by atoms with Crippen LogP contribution in [0.1, 0.15) is 23.0 Å². The minimum Gasteiger partial charge on any atom is -0.450 e. The van der Waals surface area contributed by atoms with Crippen molar-refractivity contribution in [2.24, 2.45) is 0 Å². The Labute approximate surface area is 175 Å². The fourth-order valence-corrected chi connectivity index (χ4v) is 3.69. The Morgan fingerprint density at radius 3 is 2.23 bits per heavy atom. The van der Waals surface area contributed by atoms with Gasteiger partial charge in [0.1, 0.15) is 5.56 Å². The summed E-state index contributed by atoms with van der Waals surface area (Å²) < 4.78 is 8.78. The molecule has 2 aromatic heterocycles. The zero-order chi connectivity index (χ0) is 21.1. The number of hydrogen-bond acceptors (Lipinski definition) is 4. The summed E-state index contributed by atoms with van der Waals surface area (Å²) >= 11 is 0. The van der Waals surface area contributed by atoms with E-state index >= 15 is 0 Å². The van der Waals surface area contributed by atoms with Gasteiger partial charge in [-0.2, -0.15) is 5.10 Å². The van der Waals surface area contributed by atoms with E-state index in [1.807, 2.05) is 66.3 Å². The lowest BCUT2D eigenvalue weighted by atomic mass is 10.2. The van der Waals surface area contributed by atoms with Crippen molar-refractivity contribution in [1.29, 1.82) is 0 Å². The van der Waals surface area contributed by atoms with Crippen LogP contribution in [0.3, 0.4) is 0 Å². The van der Waals surface area contributed by atoms with Gasteiger partial charge in [0.25, 0.3) is 5.91 Å². The van der Waals surface area contributed by atoms with Crippen LogP contribution in [0.25, 0.3) is 11.5 Å². The number of benzene rings is 1. The lowest BCUT2D eigenvalue weighted by Crippen LogP contribution is -2.50. The van der Waals surface area contributed by atoms with Crippen molar-refractivity contribution in [3.8, 4) is 11.5 Å². The Bertz CT molecular complexity index is 1020. The van der Waals surface area contributed by atoms with Crippen molar-refractivity contribution in [2.45, 2.75) is 13.8 Å². The average Bonchev–Trinajstić information content (AvgIpc) is 3.42. The molecule has 4 rings (SSSR count). The van der Waals surface area contributed by atoms with Crippen LogP contribution >= 0.6 is 0 Å². The first kappa shape index (κ1) is 19.8. The third kappa shape index (κ3) is 3.68. The Morgan fingerprint density at radius 2 is 1.60 bits per heavy atom. The van der Waals surface area contributed by atoms with Crippen molar-refractivity contribution in [2.75, 3.05) is 32.8 Å². The molecule has 2 amide bonds. The topological polar surface area (TPSA) is 72.6 Å². The van der Waals surface area contributed by atoms with E-state index in [0.29, 0.717) is 49.9 Å². The Kier molecular flexibility index (Phi) is 5.56. The smallest absolute Gasteiger partial charge is 0.409 e. The molecule has 1 aliphatic heterocycles. The molecule has 0 N–H and O–H groups in total. The van der Waals surface area contributed by atoms with Crippen LogP contribution in [-0.2, 0) is 4.74 Å². The number of carbonyl (C=O) groups is 2. The highest BCUT2D eigenvalue weighted by Crippen LogP contribution is 2.25. The van der Waals surface area contributed by atoms with Gasteiger partial charge in [-0.3, -0.25) is 4.79 Å². The van der Waals surface area contributed by atoms with E-state index in [-0.39, 0.29) is 12.0 Å². The first-order chi connectivity index (χ1) is 14.6. The quantitative estimate of drug-likeness (QED) is 0.667. The monoisotopic (exact) mass is 407 g/mol. The SMILES string of the molecule is CCOC(=O)N1CCN(C(=O)c2c(C)nn(-c3ccccc3)c2-n2cccc2)CC1. The van der Waals surface area contributed by atoms with Gasteiger partial charge < -0.3 is 19.1 Å². The molecule has 1 saturated heterocycles. The number of piperazine rings is 1. The minimum absolute atomic E-state index is 0.0816. The number of aryl methyl sites for hydroxylation is 1. The highest BCUT2D eigenvalue weighted by molar-refractivity contribution is 5.98. The number of rotatable bonds is 4. The Balaban J connectivity index is 1.65. The van der Waals surface area contributed by atoms with Gasteiger partial charge in [-0.1, -0.05) is 18.2 Å². The van der Waals surface area contributed by atoms with E-state index in [4.69, 9.17) is 4.74 Å². The van der Waals surface area contributed by atoms with Crippen LogP contribution in [0, 0.1) is 6.92 Å². The third-order valence-electron chi connectivity index (χ3n) is 5.19. The predicted octanol–water partition coefficient (Wildman–Crippen LogP) is 2.89. The molecule has 8 nitrogen and oxygen atoms in total. The van der Waals surface area contributed by atoms with Crippen LogP contribution < -0.4 is 0 Å². The van der Waals surface area contributed by atoms with Crippen molar-refractivity contribution < 1.29 is 14.3 Å². The highest BCUT2D eigenvalue weighted by atomic mass is 16.6. The summed E-state index contributed by atoms with van der Waals surface area (Å²) in [5.74, 6) is 0.628. The molecule has 0 saturated carbocycles. The van der Waals surface area contributed by atoms with Gasteiger partial charge in [-0.15, -0.1) is 0 Å². The van der Waals surface area contributed by atoms with Gasteiger partial charge in [-0.05, 0) is 38.1 Å². The van der Waals surface area contributed by atoms with Crippen LogP contribution in [-0.4, -0.2) is 68.9 Å². The van der Waals surface area contributed by atoms with Crippen molar-refractivity contribution in [3.05, 3.63) is 66.1 Å². The van der Waals surface area contributed by atoms with Crippen molar-refractivity contribution in [1.82, 2.24) is 24.1 Å². The first-order valence-corrected chi connectivity index (χ1v) is 10.1. The Hall–Kier alpha value is -3.55. The summed E-state index contributed by atoms with van der Waals surface area (Å²) in [5, 5.41) is 4.68. The van der Waals surface area contributed by atoms with Gasteiger partial charge in [0.2, 0.25) is 0 Å². The summed E-state index contributed by atoms with van der Waals surface area (Å²) in [4.78, 5) is 28.9. The summed E-state index contributed by atoms with van der Waals surface area (Å²) in [6, 6.07) is 13.6. The molecule has 0 atom stereocenters. The van der Waals surface area contributed by atoms with E-state index in [1.54, 1.807) is 21.4 Å². The lowest BCUT2D eigenvalue weighted by molar-refractivity contribution is 0.0570. The minimum atomic E-state index is -0.328. The summed E-state index contributed by atoms with van der Waals surface area (Å²) in [5.41, 5.74) is 2.12. The summed E-state index contributed by atoms with van der Waals surface area (Å²) in [6.45, 7) is 5.81. The fourth-order valence-electron chi connectivity index (χ4n) is 3.69. The molecule has 3 aromatic rings. The normalized spacial score (nSPS) is 14.1. The second-order valence-corrected chi connectivity index (χ2v) is 7.10. The molecular weight excluding hydrogens is 382 g/mol. The van der Waals surface area contributed by atoms with Gasteiger partial charge >= 0.3 is 6.09 Å². The number of ether oxygens (including phenoxy) is 1. The van der Waals surface area contributed by atoms with Crippen LogP contribution in [0.2, 0.25) is 0 Å². The number of aromatic nitrogens is 3. The maximum atomic E-state index is 13.5. The first-order valence-electron chi connectivity index (χ1n) is 10.1. The second kappa shape index (κ2) is 8.44. The highest BCUT2D eigenvalue weighted by Gasteiger charge is 2.30. The average molecular weight is 407 g/mol. The molecule has 156 valence electrons. The van der Waals surface area contributed by atoms with Gasteiger partial charge in [0.05, 0.1) is 18.0 Å². The van der Waals surface area contributed by atoms with Crippen LogP contribution in [0.4, 0.5) is 4.79 Å². The largest absolute Gasteiger partial charge is 0.450 e. The van der Waals surface area contributed by atoms with E-state index in [0.717, 1.165) is 5.69 Å². The summed E-state index contributed by atoms with van der Waals surface area (Å²) in [7, 11) is 0. The fraction of sp³-hybridized carbons (Fsp3) is 0.318. The number of para-hydroxylation sites is 1. The van der Waals surface area contributed by atoms with Crippen molar-refractivity contribution >= 4 is 12.0 Å². The van der Waals surface area contributed by atoms with Crippen LogP contribution in [0.15, 0.2) is 54.9 Å². The third-order valence-corrected chi connectivity index (χ3v) is 5.19. The van der Waals surface area contributed by atoms with Gasteiger partial charge in [0, 0.05) is 38.6 Å². The number of nitrogens with zero attached hydrogens (tertiary/aromatic N) is 5. The molecule has 3 heterocycles. The molecule has 1 aliphatic rings. The second-order valence-electron chi connectivity index (χ2n) is 7.10. The van der Waals surface area contributed by atoms with Crippen LogP contribution in [0.5, 0.6) is 0 Å². The predicted molar refractivity (Wildman–Crippen MR) is 112 cm³/mol. The number of hydrogen-bond donors (Lipinski definition) is 0. The molecule has 0 radical (unpaired) electrons. The van der Waals surface area contributed by atoms with E-state index < -0.39 is 0 Å². The lowest BCUT2D eigenvalue weighted by Gasteiger charge is -2.34. The molecule has 0 bridgehead atoms. The van der Waals surface area contributed by atoms with E-state index in [9.17, 15) is 9.59 Å². The summed E-state index contributed by atoms with van der Waals surface area (Å²) in [6.07, 6.45) is 3.49. The standard InChI is InChI=1S/C22H25N5O3/c1-3-30-22(29)26-15-13-25(14-16-26)21(28)19-17(2)23-27(18-9-5-4-6-10-18)20(19)24-11-7-8-12-24/h4-12H,3,13-16H2,1-2H3. The molecule has 8 heteroatoms. The van der Waals surface area contributed by atoms with Gasteiger partial charge in [0.15, 0.2) is 5.82 Å².